The van der Waals surface area contributed by atoms with Crippen LogP contribution >= 0.6 is 0 Å². The van der Waals surface area contributed by atoms with Crippen LogP contribution < -0.4 is 0 Å². The van der Waals surface area contributed by atoms with E-state index in [0.717, 1.165) is 31.6 Å². The second-order valence-corrected chi connectivity index (χ2v) is 4.51. The first kappa shape index (κ1) is 12.9. The average molecular weight is 215 g/mol. The molecule has 2 atom stereocenters. The van der Waals surface area contributed by atoms with Gasteiger partial charge in [0.1, 0.15) is 0 Å². The highest BCUT2D eigenvalue weighted by atomic mass is 16.7. The zero-order valence-electron chi connectivity index (χ0n) is 10.5. The fraction of sp³-hybridized carbons (Fsp3) is 1.00. The van der Waals surface area contributed by atoms with E-state index in [2.05, 4.69) is 18.7 Å². The first-order valence-corrected chi connectivity index (χ1v) is 6.12. The third kappa shape index (κ3) is 4.09. The van der Waals surface area contributed by atoms with Gasteiger partial charge in [0.25, 0.3) is 0 Å². The van der Waals surface area contributed by atoms with Crippen molar-refractivity contribution in [1.82, 2.24) is 4.90 Å². The molecule has 0 aromatic rings. The maximum absolute atomic E-state index is 5.55. The van der Waals surface area contributed by atoms with E-state index in [9.17, 15) is 0 Å². The molecule has 0 radical (unpaired) electrons. The van der Waals surface area contributed by atoms with Crippen molar-refractivity contribution in [3.63, 3.8) is 0 Å². The molecule has 15 heavy (non-hydrogen) atoms. The van der Waals surface area contributed by atoms with Gasteiger partial charge < -0.3 is 9.47 Å². The first-order chi connectivity index (χ1) is 7.17. The molecule has 3 heteroatoms. The second-order valence-electron chi connectivity index (χ2n) is 4.51. The number of hydrogen-bond donors (Lipinski definition) is 0. The lowest BCUT2D eigenvalue weighted by Crippen LogP contribution is -2.34. The van der Waals surface area contributed by atoms with E-state index in [1.54, 1.807) is 0 Å². The minimum atomic E-state index is -0.0440. The van der Waals surface area contributed by atoms with E-state index in [1.807, 2.05) is 13.8 Å². The largest absolute Gasteiger partial charge is 0.352 e. The molecule has 0 bridgehead atoms. The molecule has 1 heterocycles. The Labute approximate surface area is 93.7 Å². The molecule has 90 valence electrons. The first-order valence-electron chi connectivity index (χ1n) is 6.12. The van der Waals surface area contributed by atoms with Crippen molar-refractivity contribution in [3.8, 4) is 0 Å². The average Bonchev–Trinajstić information content (AvgIpc) is 2.47. The maximum Gasteiger partial charge on any atom is 0.170 e. The van der Waals surface area contributed by atoms with E-state index in [-0.39, 0.29) is 6.29 Å². The molecular weight excluding hydrogens is 190 g/mol. The van der Waals surface area contributed by atoms with Gasteiger partial charge in [0, 0.05) is 32.8 Å². The molecule has 1 rings (SSSR count). The molecule has 0 N–H and O–H groups in total. The fourth-order valence-corrected chi connectivity index (χ4v) is 2.13. The summed E-state index contributed by atoms with van der Waals surface area (Å²) in [7, 11) is 0. The zero-order chi connectivity index (χ0) is 11.3. The third-order valence-electron chi connectivity index (χ3n) is 3.18. The molecule has 0 aromatic heterocycles. The van der Waals surface area contributed by atoms with Gasteiger partial charge in [0.05, 0.1) is 0 Å². The van der Waals surface area contributed by atoms with Crippen molar-refractivity contribution in [3.05, 3.63) is 0 Å². The Morgan fingerprint density at radius 3 is 1.93 bits per heavy atom. The van der Waals surface area contributed by atoms with Crippen molar-refractivity contribution in [2.24, 2.45) is 11.8 Å². The van der Waals surface area contributed by atoms with Crippen LogP contribution in [0.1, 0.15) is 27.7 Å². The van der Waals surface area contributed by atoms with Gasteiger partial charge in [0.15, 0.2) is 6.29 Å². The van der Waals surface area contributed by atoms with Crippen LogP contribution in [0, 0.1) is 11.8 Å². The van der Waals surface area contributed by atoms with Gasteiger partial charge in [-0.05, 0) is 25.7 Å². The van der Waals surface area contributed by atoms with Crippen LogP contribution in [0.4, 0.5) is 0 Å². The molecule has 0 spiro atoms. The van der Waals surface area contributed by atoms with E-state index in [0.29, 0.717) is 0 Å². The molecule has 1 saturated heterocycles. The zero-order valence-corrected chi connectivity index (χ0v) is 10.5. The third-order valence-corrected chi connectivity index (χ3v) is 3.18. The predicted molar refractivity (Wildman–Crippen MR) is 61.8 cm³/mol. The van der Waals surface area contributed by atoms with Gasteiger partial charge in [0.2, 0.25) is 0 Å². The van der Waals surface area contributed by atoms with Crippen LogP contribution in [0.25, 0.3) is 0 Å². The monoisotopic (exact) mass is 215 g/mol. The lowest BCUT2D eigenvalue weighted by atomic mass is 10.0. The van der Waals surface area contributed by atoms with Crippen LogP contribution in [-0.2, 0) is 9.47 Å². The Morgan fingerprint density at radius 1 is 1.07 bits per heavy atom. The maximum atomic E-state index is 5.55. The highest BCUT2D eigenvalue weighted by Gasteiger charge is 2.27. The standard InChI is InChI=1S/C12H25NO2/c1-5-14-12(15-6-2)9-13-7-10(3)11(4)8-13/h10-12H,5-9H2,1-4H3. The van der Waals surface area contributed by atoms with Crippen LogP contribution in [0.5, 0.6) is 0 Å². The number of hydrogen-bond acceptors (Lipinski definition) is 3. The van der Waals surface area contributed by atoms with Gasteiger partial charge in [-0.25, -0.2) is 0 Å². The van der Waals surface area contributed by atoms with Crippen LogP contribution in [0.2, 0.25) is 0 Å². The summed E-state index contributed by atoms with van der Waals surface area (Å²) in [5.74, 6) is 1.60. The van der Waals surface area contributed by atoms with E-state index in [1.165, 1.54) is 13.1 Å². The van der Waals surface area contributed by atoms with Crippen molar-refractivity contribution in [2.45, 2.75) is 34.0 Å². The minimum absolute atomic E-state index is 0.0440. The van der Waals surface area contributed by atoms with Crippen molar-refractivity contribution >= 4 is 0 Å². The van der Waals surface area contributed by atoms with Gasteiger partial charge >= 0.3 is 0 Å². The summed E-state index contributed by atoms with van der Waals surface area (Å²) in [4.78, 5) is 2.45. The van der Waals surface area contributed by atoms with E-state index in [4.69, 9.17) is 9.47 Å². The van der Waals surface area contributed by atoms with Crippen molar-refractivity contribution in [2.75, 3.05) is 32.8 Å². The van der Waals surface area contributed by atoms with Crippen LogP contribution in [0.3, 0.4) is 0 Å². The lowest BCUT2D eigenvalue weighted by Gasteiger charge is -2.23. The summed E-state index contributed by atoms with van der Waals surface area (Å²) in [6, 6.07) is 0. The minimum Gasteiger partial charge on any atom is -0.352 e. The number of nitrogens with zero attached hydrogens (tertiary/aromatic N) is 1. The Balaban J connectivity index is 2.31. The second kappa shape index (κ2) is 6.46. The number of ether oxygens (including phenoxy) is 2. The normalized spacial score (nSPS) is 27.8. The van der Waals surface area contributed by atoms with Gasteiger partial charge in [-0.3, -0.25) is 4.90 Å². The predicted octanol–water partition coefficient (Wildman–Crippen LogP) is 1.97. The number of rotatable bonds is 6. The summed E-state index contributed by atoms with van der Waals surface area (Å²) in [6.45, 7) is 13.4. The molecular formula is C12H25NO2. The van der Waals surface area contributed by atoms with Gasteiger partial charge in [-0.2, -0.15) is 0 Å². The van der Waals surface area contributed by atoms with Gasteiger partial charge in [-0.1, -0.05) is 13.8 Å². The molecule has 0 saturated carbocycles. The van der Waals surface area contributed by atoms with Crippen molar-refractivity contribution in [1.29, 1.82) is 0 Å². The molecule has 2 unspecified atom stereocenters. The summed E-state index contributed by atoms with van der Waals surface area (Å²) in [5.41, 5.74) is 0. The highest BCUT2D eigenvalue weighted by Crippen LogP contribution is 2.22. The lowest BCUT2D eigenvalue weighted by molar-refractivity contribution is -0.145. The summed E-state index contributed by atoms with van der Waals surface area (Å²) in [5, 5.41) is 0. The Kier molecular flexibility index (Phi) is 5.58. The molecule has 1 aliphatic rings. The molecule has 1 fully saturated rings. The van der Waals surface area contributed by atoms with Gasteiger partial charge in [-0.15, -0.1) is 0 Å². The van der Waals surface area contributed by atoms with E-state index < -0.39 is 0 Å². The molecule has 0 amide bonds. The summed E-state index contributed by atoms with van der Waals surface area (Å²) in [6.07, 6.45) is -0.0440. The molecule has 3 nitrogen and oxygen atoms in total. The smallest absolute Gasteiger partial charge is 0.170 e. The summed E-state index contributed by atoms with van der Waals surface area (Å²) < 4.78 is 11.1. The number of likely N-dealkylation sites (tertiary alicyclic amines) is 1. The quantitative estimate of drug-likeness (QED) is 0.632. The van der Waals surface area contributed by atoms with Crippen LogP contribution in [-0.4, -0.2) is 44.0 Å². The topological polar surface area (TPSA) is 21.7 Å². The molecule has 0 aliphatic carbocycles. The Bertz CT molecular complexity index is 159. The molecule has 0 aromatic carbocycles. The molecule has 1 aliphatic heterocycles. The Hall–Kier alpha value is -0.120. The highest BCUT2D eigenvalue weighted by molar-refractivity contribution is 4.78. The summed E-state index contributed by atoms with van der Waals surface area (Å²) >= 11 is 0. The Morgan fingerprint density at radius 2 is 1.53 bits per heavy atom. The fourth-order valence-electron chi connectivity index (χ4n) is 2.13. The van der Waals surface area contributed by atoms with Crippen molar-refractivity contribution < 1.29 is 9.47 Å². The SMILES string of the molecule is CCOC(CN1CC(C)C(C)C1)OCC. The van der Waals surface area contributed by atoms with E-state index >= 15 is 0 Å². The van der Waals surface area contributed by atoms with Crippen LogP contribution in [0.15, 0.2) is 0 Å².